The van der Waals surface area contributed by atoms with E-state index in [4.69, 9.17) is 16.7 Å². The van der Waals surface area contributed by atoms with Crippen LogP contribution in [0.5, 0.6) is 0 Å². The number of aliphatic hydroxyl groups is 1. The number of nitrogens with one attached hydrogen (secondary N) is 2. The predicted octanol–water partition coefficient (Wildman–Crippen LogP) is 4.34. The molecule has 0 radical (unpaired) electrons. The fourth-order valence-corrected chi connectivity index (χ4v) is 2.75. The molecule has 5 nitrogen and oxygen atoms in total. The lowest BCUT2D eigenvalue weighted by Crippen LogP contribution is -2.05. The summed E-state index contributed by atoms with van der Waals surface area (Å²) >= 11 is 6.30. The molecule has 0 unspecified atom stereocenters. The summed E-state index contributed by atoms with van der Waals surface area (Å²) in [6, 6.07) is 13.9. The lowest BCUT2D eigenvalue weighted by molar-refractivity contribution is 0.292. The van der Waals surface area contributed by atoms with E-state index in [0.717, 1.165) is 11.1 Å². The van der Waals surface area contributed by atoms with E-state index in [1.54, 1.807) is 12.3 Å². The maximum Gasteiger partial charge on any atom is 0.126 e. The Morgan fingerprint density at radius 1 is 1.04 bits per heavy atom. The SMILES string of the molecule is OCCCNc1cc(-c2cccc(NCc3cccc(F)c3)n2)c(Cl)cn1. The Balaban J connectivity index is 1.75. The number of halogens is 2. The van der Waals surface area contributed by atoms with Crippen LogP contribution in [0.1, 0.15) is 12.0 Å². The van der Waals surface area contributed by atoms with Crippen LogP contribution in [0, 0.1) is 5.82 Å². The lowest BCUT2D eigenvalue weighted by Gasteiger charge is -2.11. The minimum absolute atomic E-state index is 0.119. The summed E-state index contributed by atoms with van der Waals surface area (Å²) in [6.07, 6.45) is 2.21. The molecule has 2 heterocycles. The molecule has 3 N–H and O–H groups in total. The monoisotopic (exact) mass is 386 g/mol. The van der Waals surface area contributed by atoms with Gasteiger partial charge in [-0.25, -0.2) is 14.4 Å². The first-order valence-electron chi connectivity index (χ1n) is 8.62. The van der Waals surface area contributed by atoms with Crippen molar-refractivity contribution in [3.05, 3.63) is 71.1 Å². The van der Waals surface area contributed by atoms with Crippen molar-refractivity contribution in [1.82, 2.24) is 9.97 Å². The van der Waals surface area contributed by atoms with Gasteiger partial charge in [-0.2, -0.15) is 0 Å². The summed E-state index contributed by atoms with van der Waals surface area (Å²) in [5.74, 6) is 1.07. The predicted molar refractivity (Wildman–Crippen MR) is 106 cm³/mol. The Bertz CT molecular complexity index is 907. The number of anilines is 2. The summed E-state index contributed by atoms with van der Waals surface area (Å²) in [7, 11) is 0. The zero-order valence-electron chi connectivity index (χ0n) is 14.6. The van der Waals surface area contributed by atoms with Crippen molar-refractivity contribution in [2.75, 3.05) is 23.8 Å². The molecule has 3 aromatic rings. The van der Waals surface area contributed by atoms with Crippen molar-refractivity contribution in [2.24, 2.45) is 0 Å². The molecule has 0 aliphatic heterocycles. The topological polar surface area (TPSA) is 70.1 Å². The maximum absolute atomic E-state index is 13.3. The van der Waals surface area contributed by atoms with E-state index >= 15 is 0 Å². The number of aromatic nitrogens is 2. The van der Waals surface area contributed by atoms with Crippen LogP contribution in [-0.2, 0) is 6.54 Å². The highest BCUT2D eigenvalue weighted by Gasteiger charge is 2.08. The lowest BCUT2D eigenvalue weighted by atomic mass is 10.1. The van der Waals surface area contributed by atoms with Gasteiger partial charge in [0.1, 0.15) is 17.5 Å². The molecule has 0 fully saturated rings. The third kappa shape index (κ3) is 5.39. The van der Waals surface area contributed by atoms with Gasteiger partial charge in [0.15, 0.2) is 0 Å². The second kappa shape index (κ2) is 9.30. The molecule has 1 aromatic carbocycles. The second-order valence-corrected chi connectivity index (χ2v) is 6.35. The van der Waals surface area contributed by atoms with Crippen LogP contribution in [0.4, 0.5) is 16.0 Å². The van der Waals surface area contributed by atoms with E-state index in [1.165, 1.54) is 12.1 Å². The first-order valence-corrected chi connectivity index (χ1v) is 8.99. The van der Waals surface area contributed by atoms with Crippen LogP contribution < -0.4 is 10.6 Å². The minimum atomic E-state index is -0.263. The zero-order chi connectivity index (χ0) is 19.1. The summed E-state index contributed by atoms with van der Waals surface area (Å²) in [4.78, 5) is 8.83. The molecule has 27 heavy (non-hydrogen) atoms. The second-order valence-electron chi connectivity index (χ2n) is 5.94. The molecular weight excluding hydrogens is 367 g/mol. The number of rotatable bonds is 8. The number of hydrogen-bond donors (Lipinski definition) is 3. The van der Waals surface area contributed by atoms with Crippen molar-refractivity contribution in [2.45, 2.75) is 13.0 Å². The van der Waals surface area contributed by atoms with Crippen LogP contribution in [-0.4, -0.2) is 28.2 Å². The van der Waals surface area contributed by atoms with Gasteiger partial charge in [-0.3, -0.25) is 0 Å². The summed E-state index contributed by atoms with van der Waals surface area (Å²) in [5, 5.41) is 15.7. The van der Waals surface area contributed by atoms with Crippen molar-refractivity contribution in [3.8, 4) is 11.3 Å². The van der Waals surface area contributed by atoms with Crippen molar-refractivity contribution in [1.29, 1.82) is 0 Å². The van der Waals surface area contributed by atoms with E-state index in [9.17, 15) is 4.39 Å². The van der Waals surface area contributed by atoms with Gasteiger partial charge in [-0.1, -0.05) is 29.8 Å². The summed E-state index contributed by atoms with van der Waals surface area (Å²) < 4.78 is 13.3. The molecule has 7 heteroatoms. The fraction of sp³-hybridized carbons (Fsp3) is 0.200. The molecule has 2 aromatic heterocycles. The summed E-state index contributed by atoms with van der Waals surface area (Å²) in [6.45, 7) is 1.20. The average Bonchev–Trinajstić information content (AvgIpc) is 2.68. The number of nitrogens with zero attached hydrogens (tertiary/aromatic N) is 2. The van der Waals surface area contributed by atoms with Crippen LogP contribution >= 0.6 is 11.6 Å². The van der Waals surface area contributed by atoms with E-state index in [1.807, 2.05) is 30.3 Å². The Morgan fingerprint density at radius 2 is 1.89 bits per heavy atom. The average molecular weight is 387 g/mol. The highest BCUT2D eigenvalue weighted by molar-refractivity contribution is 6.33. The number of hydrogen-bond acceptors (Lipinski definition) is 5. The molecule has 0 aliphatic carbocycles. The van der Waals surface area contributed by atoms with Crippen LogP contribution in [0.25, 0.3) is 11.3 Å². The van der Waals surface area contributed by atoms with Gasteiger partial charge in [-0.05, 0) is 42.3 Å². The number of benzene rings is 1. The Labute approximate surface area is 162 Å². The molecule has 0 aliphatic rings. The third-order valence-electron chi connectivity index (χ3n) is 3.88. The van der Waals surface area contributed by atoms with Crippen LogP contribution in [0.15, 0.2) is 54.7 Å². The van der Waals surface area contributed by atoms with Gasteiger partial charge in [0.2, 0.25) is 0 Å². The standard InChI is InChI=1S/C20H20ClFN4O/c21-17-13-25-20(23-8-3-9-27)11-16(17)18-6-2-7-19(26-18)24-12-14-4-1-5-15(22)10-14/h1-2,4-7,10-11,13,27H,3,8-9,12H2,(H,23,25)(H,24,26). The highest BCUT2D eigenvalue weighted by Crippen LogP contribution is 2.28. The van der Waals surface area contributed by atoms with Gasteiger partial charge in [-0.15, -0.1) is 0 Å². The molecule has 0 atom stereocenters. The molecule has 0 amide bonds. The van der Waals surface area contributed by atoms with Crippen LogP contribution in [0.3, 0.4) is 0 Å². The van der Waals surface area contributed by atoms with E-state index in [2.05, 4.69) is 20.6 Å². The Hall–Kier alpha value is -2.70. The van der Waals surface area contributed by atoms with Gasteiger partial charge < -0.3 is 15.7 Å². The van der Waals surface area contributed by atoms with E-state index in [0.29, 0.717) is 41.9 Å². The minimum Gasteiger partial charge on any atom is -0.396 e. The zero-order valence-corrected chi connectivity index (χ0v) is 15.4. The van der Waals surface area contributed by atoms with Crippen LogP contribution in [0.2, 0.25) is 5.02 Å². The maximum atomic E-state index is 13.3. The Morgan fingerprint density at radius 3 is 2.70 bits per heavy atom. The van der Waals surface area contributed by atoms with Gasteiger partial charge in [0.25, 0.3) is 0 Å². The van der Waals surface area contributed by atoms with Gasteiger partial charge in [0.05, 0.1) is 10.7 Å². The molecule has 0 saturated heterocycles. The number of aliphatic hydroxyl groups excluding tert-OH is 1. The highest BCUT2D eigenvalue weighted by atomic mass is 35.5. The molecule has 0 spiro atoms. The first-order chi connectivity index (χ1) is 13.2. The molecule has 0 bridgehead atoms. The van der Waals surface area contributed by atoms with Crippen molar-refractivity contribution in [3.63, 3.8) is 0 Å². The molecule has 0 saturated carbocycles. The van der Waals surface area contributed by atoms with Crippen molar-refractivity contribution < 1.29 is 9.50 Å². The van der Waals surface area contributed by atoms with E-state index < -0.39 is 0 Å². The number of pyridine rings is 2. The fourth-order valence-electron chi connectivity index (χ4n) is 2.55. The summed E-state index contributed by atoms with van der Waals surface area (Å²) in [5.41, 5.74) is 2.30. The first kappa shape index (κ1) is 19.1. The molecule has 3 rings (SSSR count). The smallest absolute Gasteiger partial charge is 0.126 e. The van der Waals surface area contributed by atoms with E-state index in [-0.39, 0.29) is 12.4 Å². The Kier molecular flexibility index (Phi) is 6.57. The van der Waals surface area contributed by atoms with Gasteiger partial charge in [0, 0.05) is 31.5 Å². The van der Waals surface area contributed by atoms with Crippen molar-refractivity contribution >= 4 is 23.2 Å². The quantitative estimate of drug-likeness (QED) is 0.502. The van der Waals surface area contributed by atoms with Gasteiger partial charge >= 0.3 is 0 Å². The molecule has 140 valence electrons. The largest absolute Gasteiger partial charge is 0.396 e. The normalized spacial score (nSPS) is 10.6. The molecular formula is C20H20ClFN4O. The third-order valence-corrected chi connectivity index (χ3v) is 4.19.